The number of rotatable bonds is 4. The molecular weight excluding hydrogens is 416 g/mol. The van der Waals surface area contributed by atoms with Crippen molar-refractivity contribution < 1.29 is 19.1 Å². The van der Waals surface area contributed by atoms with Crippen molar-refractivity contribution in [2.24, 2.45) is 0 Å². The van der Waals surface area contributed by atoms with E-state index in [1.165, 1.54) is 0 Å². The van der Waals surface area contributed by atoms with Crippen LogP contribution in [0.3, 0.4) is 0 Å². The Hall–Kier alpha value is -2.91. The van der Waals surface area contributed by atoms with Crippen LogP contribution < -0.4 is 0 Å². The van der Waals surface area contributed by atoms with Crippen molar-refractivity contribution in [1.82, 2.24) is 19.4 Å². The lowest BCUT2D eigenvalue weighted by atomic mass is 10.2. The van der Waals surface area contributed by atoms with E-state index in [1.54, 1.807) is 17.2 Å². The Morgan fingerprint density at radius 2 is 1.94 bits per heavy atom. The van der Waals surface area contributed by atoms with Crippen LogP contribution in [0.1, 0.15) is 22.5 Å². The fourth-order valence-electron chi connectivity index (χ4n) is 3.75. The molecule has 0 bridgehead atoms. The van der Waals surface area contributed by atoms with E-state index in [0.717, 1.165) is 45.0 Å². The Morgan fingerprint density at radius 1 is 1.19 bits per heavy atom. The molecule has 4 heterocycles. The molecular formula is C22H24N4O4S. The summed E-state index contributed by atoms with van der Waals surface area (Å²) in [4.78, 5) is 45.2. The van der Waals surface area contributed by atoms with Crippen molar-refractivity contribution in [2.45, 2.75) is 20.8 Å². The molecule has 2 aromatic rings. The van der Waals surface area contributed by atoms with Gasteiger partial charge in [-0.15, -0.1) is 0 Å². The van der Waals surface area contributed by atoms with E-state index in [0.29, 0.717) is 31.2 Å². The van der Waals surface area contributed by atoms with E-state index in [1.807, 2.05) is 43.5 Å². The van der Waals surface area contributed by atoms with Crippen LogP contribution in [0.2, 0.25) is 0 Å². The Morgan fingerprint density at radius 3 is 2.65 bits per heavy atom. The molecule has 31 heavy (non-hydrogen) atoms. The van der Waals surface area contributed by atoms with Crippen LogP contribution in [0.25, 0.3) is 11.9 Å². The van der Waals surface area contributed by atoms with Gasteiger partial charge in [-0.3, -0.25) is 19.3 Å². The first-order chi connectivity index (χ1) is 14.8. The number of thioether (sulfide) groups is 1. The lowest BCUT2D eigenvalue weighted by molar-refractivity contribution is -0.139. The summed E-state index contributed by atoms with van der Waals surface area (Å²) in [6, 6.07) is 5.90. The molecule has 0 N–H and O–H groups in total. The maximum absolute atomic E-state index is 12.9. The highest BCUT2D eigenvalue weighted by molar-refractivity contribution is 8.18. The topological polar surface area (TPSA) is 84.7 Å². The number of carbonyl (C=O) groups is 3. The summed E-state index contributed by atoms with van der Waals surface area (Å²) >= 11 is 0.866. The van der Waals surface area contributed by atoms with Gasteiger partial charge in [-0.1, -0.05) is 0 Å². The van der Waals surface area contributed by atoms with Gasteiger partial charge in [0, 0.05) is 30.7 Å². The molecule has 9 heteroatoms. The van der Waals surface area contributed by atoms with E-state index in [9.17, 15) is 14.4 Å². The fraction of sp³-hybridized carbons (Fsp3) is 0.364. The molecule has 162 valence electrons. The van der Waals surface area contributed by atoms with Gasteiger partial charge in [-0.2, -0.15) is 0 Å². The highest BCUT2D eigenvalue weighted by atomic mass is 32.2. The number of morpholine rings is 1. The van der Waals surface area contributed by atoms with Gasteiger partial charge < -0.3 is 14.2 Å². The molecule has 0 aliphatic carbocycles. The quantitative estimate of drug-likeness (QED) is 0.680. The zero-order valence-corrected chi connectivity index (χ0v) is 18.6. The fourth-order valence-corrected chi connectivity index (χ4v) is 4.58. The summed E-state index contributed by atoms with van der Waals surface area (Å²) in [7, 11) is 0. The van der Waals surface area contributed by atoms with Gasteiger partial charge in [-0.25, -0.2) is 4.98 Å². The molecule has 4 rings (SSSR count). The third-order valence-corrected chi connectivity index (χ3v) is 6.33. The minimum Gasteiger partial charge on any atom is -0.378 e. The van der Waals surface area contributed by atoms with Crippen molar-refractivity contribution >= 4 is 34.9 Å². The van der Waals surface area contributed by atoms with Crippen molar-refractivity contribution in [3.63, 3.8) is 0 Å². The number of ether oxygens (including phenoxy) is 1. The molecule has 3 amide bonds. The second-order valence-corrected chi connectivity index (χ2v) is 8.61. The standard InChI is InChI=1S/C22H24N4O4S/c1-14-4-5-23-19(10-14)26-15(2)11-17(16(26)3)12-18-21(28)25(22(29)31-18)13-20(27)24-6-8-30-9-7-24/h4-5,10-12H,6-9,13H2,1-3H3/b18-12+. The monoisotopic (exact) mass is 440 g/mol. The number of carbonyl (C=O) groups excluding carboxylic acids is 3. The van der Waals surface area contributed by atoms with E-state index in [4.69, 9.17) is 4.74 Å². The van der Waals surface area contributed by atoms with E-state index < -0.39 is 11.1 Å². The molecule has 0 aromatic carbocycles. The van der Waals surface area contributed by atoms with Crippen molar-refractivity contribution in [3.05, 3.63) is 51.8 Å². The molecule has 0 atom stereocenters. The summed E-state index contributed by atoms with van der Waals surface area (Å²) in [6.45, 7) is 7.59. The molecule has 2 saturated heterocycles. The molecule has 0 spiro atoms. The highest BCUT2D eigenvalue weighted by Gasteiger charge is 2.37. The predicted molar refractivity (Wildman–Crippen MR) is 118 cm³/mol. The van der Waals surface area contributed by atoms with Crippen molar-refractivity contribution in [1.29, 1.82) is 0 Å². The largest absolute Gasteiger partial charge is 0.378 e. The summed E-state index contributed by atoms with van der Waals surface area (Å²) < 4.78 is 7.26. The summed E-state index contributed by atoms with van der Waals surface area (Å²) in [6.07, 6.45) is 3.48. The second kappa shape index (κ2) is 8.68. The number of hydrogen-bond donors (Lipinski definition) is 0. The Balaban J connectivity index is 1.56. The van der Waals surface area contributed by atoms with Gasteiger partial charge in [0.2, 0.25) is 5.91 Å². The minimum absolute atomic E-state index is 0.240. The van der Waals surface area contributed by atoms with Crippen LogP contribution in [0, 0.1) is 20.8 Å². The van der Waals surface area contributed by atoms with Crippen LogP contribution in [-0.4, -0.2) is 69.3 Å². The first-order valence-electron chi connectivity index (χ1n) is 10.1. The average molecular weight is 441 g/mol. The summed E-state index contributed by atoms with van der Waals surface area (Å²) in [5, 5.41) is -0.424. The zero-order chi connectivity index (χ0) is 22.1. The maximum atomic E-state index is 12.9. The second-order valence-electron chi connectivity index (χ2n) is 7.61. The van der Waals surface area contributed by atoms with Crippen LogP contribution in [-0.2, 0) is 14.3 Å². The lowest BCUT2D eigenvalue weighted by Gasteiger charge is -2.28. The van der Waals surface area contributed by atoms with Crippen LogP contribution in [0.15, 0.2) is 29.3 Å². The zero-order valence-electron chi connectivity index (χ0n) is 17.8. The molecule has 0 unspecified atom stereocenters. The van der Waals surface area contributed by atoms with Gasteiger partial charge in [0.15, 0.2) is 0 Å². The number of aromatic nitrogens is 2. The first-order valence-corrected chi connectivity index (χ1v) is 10.9. The van der Waals surface area contributed by atoms with Crippen LogP contribution in [0.4, 0.5) is 4.79 Å². The highest BCUT2D eigenvalue weighted by Crippen LogP contribution is 2.33. The SMILES string of the molecule is Cc1ccnc(-n2c(C)cc(/C=C3/SC(=O)N(CC(=O)N4CCOCC4)C3=O)c2C)c1. The number of aryl methyl sites for hydroxylation is 2. The molecule has 2 aliphatic rings. The smallest absolute Gasteiger partial charge is 0.294 e. The molecule has 8 nitrogen and oxygen atoms in total. The number of imide groups is 1. The van der Waals surface area contributed by atoms with E-state index in [2.05, 4.69) is 4.98 Å². The Labute approximate surface area is 184 Å². The van der Waals surface area contributed by atoms with Gasteiger partial charge in [0.05, 0.1) is 18.1 Å². The number of hydrogen-bond acceptors (Lipinski definition) is 6. The Bertz CT molecular complexity index is 1090. The van der Waals surface area contributed by atoms with Crippen LogP contribution >= 0.6 is 11.8 Å². The summed E-state index contributed by atoms with van der Waals surface area (Å²) in [5.74, 6) is 0.129. The predicted octanol–water partition coefficient (Wildman–Crippen LogP) is 2.69. The van der Waals surface area contributed by atoms with Crippen LogP contribution in [0.5, 0.6) is 0 Å². The minimum atomic E-state index is -0.435. The number of nitrogens with zero attached hydrogens (tertiary/aromatic N) is 4. The van der Waals surface area contributed by atoms with Gasteiger partial charge in [0.1, 0.15) is 12.4 Å². The normalized spacial score (nSPS) is 18.4. The lowest BCUT2D eigenvalue weighted by Crippen LogP contribution is -2.46. The Kier molecular flexibility index (Phi) is 5.97. The third-order valence-electron chi connectivity index (χ3n) is 5.42. The molecule has 2 fully saturated rings. The molecule has 0 radical (unpaired) electrons. The molecule has 0 saturated carbocycles. The van der Waals surface area contributed by atoms with Gasteiger partial charge in [0.25, 0.3) is 11.1 Å². The van der Waals surface area contributed by atoms with Crippen molar-refractivity contribution in [3.8, 4) is 5.82 Å². The summed E-state index contributed by atoms with van der Waals surface area (Å²) in [5.41, 5.74) is 3.84. The molecule has 2 aromatic heterocycles. The van der Waals surface area contributed by atoms with E-state index in [-0.39, 0.29) is 12.5 Å². The van der Waals surface area contributed by atoms with Gasteiger partial charge >= 0.3 is 0 Å². The van der Waals surface area contributed by atoms with Gasteiger partial charge in [-0.05, 0) is 67.9 Å². The van der Waals surface area contributed by atoms with E-state index >= 15 is 0 Å². The number of amides is 3. The number of pyridine rings is 1. The third kappa shape index (κ3) is 4.28. The maximum Gasteiger partial charge on any atom is 0.294 e. The average Bonchev–Trinajstić information content (AvgIpc) is 3.18. The molecule has 2 aliphatic heterocycles. The first kappa shape index (κ1) is 21.3. The van der Waals surface area contributed by atoms with Crippen molar-refractivity contribution in [2.75, 3.05) is 32.8 Å².